The topological polar surface area (TPSA) is 65.0 Å². The Hall–Kier alpha value is -1.91. The first-order valence-corrected chi connectivity index (χ1v) is 6.15. The minimum Gasteiger partial charge on any atom is -0.496 e. The Morgan fingerprint density at radius 2 is 1.68 bits per heavy atom. The molecule has 0 radical (unpaired) electrons. The van der Waals surface area contributed by atoms with E-state index in [1.165, 1.54) is 0 Å². The van der Waals surface area contributed by atoms with Crippen molar-refractivity contribution in [2.75, 3.05) is 20.8 Å². The predicted molar refractivity (Wildman–Crippen MR) is 69.0 cm³/mol. The van der Waals surface area contributed by atoms with Crippen molar-refractivity contribution in [1.82, 2.24) is 0 Å². The fraction of sp³-hybridized carbons (Fsp3) is 0.500. The van der Waals surface area contributed by atoms with E-state index in [2.05, 4.69) is 0 Å². The Kier molecular flexibility index (Phi) is 3.83. The molecule has 1 aromatic carbocycles. The van der Waals surface area contributed by atoms with Gasteiger partial charge in [-0.15, -0.1) is 0 Å². The molecule has 0 aliphatic heterocycles. The SMILES string of the molecule is COc1cc(OC)cc(OCC2(CC(=O)O)CC2)c1. The second-order valence-electron chi connectivity index (χ2n) is 4.91. The molecule has 5 heteroatoms. The quantitative estimate of drug-likeness (QED) is 0.820. The lowest BCUT2D eigenvalue weighted by atomic mass is 10.0. The van der Waals surface area contributed by atoms with Crippen LogP contribution in [0.4, 0.5) is 0 Å². The molecule has 0 amide bonds. The van der Waals surface area contributed by atoms with Crippen LogP contribution in [-0.2, 0) is 4.79 Å². The van der Waals surface area contributed by atoms with Gasteiger partial charge in [-0.25, -0.2) is 0 Å². The number of rotatable bonds is 7. The molecule has 1 fully saturated rings. The maximum atomic E-state index is 10.8. The van der Waals surface area contributed by atoms with Crippen molar-refractivity contribution < 1.29 is 24.1 Å². The zero-order chi connectivity index (χ0) is 13.9. The van der Waals surface area contributed by atoms with Crippen LogP contribution in [0.3, 0.4) is 0 Å². The average Bonchev–Trinajstić information content (AvgIpc) is 3.15. The maximum Gasteiger partial charge on any atom is 0.304 e. The summed E-state index contributed by atoms with van der Waals surface area (Å²) in [4.78, 5) is 10.8. The normalized spacial score (nSPS) is 15.7. The van der Waals surface area contributed by atoms with Crippen molar-refractivity contribution in [3.8, 4) is 17.2 Å². The van der Waals surface area contributed by atoms with Crippen LogP contribution in [0.15, 0.2) is 18.2 Å². The summed E-state index contributed by atoms with van der Waals surface area (Å²) < 4.78 is 16.0. The van der Waals surface area contributed by atoms with Gasteiger partial charge in [0.25, 0.3) is 0 Å². The average molecular weight is 266 g/mol. The van der Waals surface area contributed by atoms with Gasteiger partial charge in [0.1, 0.15) is 17.2 Å². The second-order valence-corrected chi connectivity index (χ2v) is 4.91. The number of benzene rings is 1. The number of carbonyl (C=O) groups is 1. The van der Waals surface area contributed by atoms with Crippen LogP contribution in [0.25, 0.3) is 0 Å². The molecule has 0 heterocycles. The standard InChI is InChI=1S/C14H18O5/c1-17-10-5-11(18-2)7-12(6-10)19-9-14(3-4-14)8-13(15)16/h5-7H,3-4,8-9H2,1-2H3,(H,15,16). The summed E-state index contributed by atoms with van der Waals surface area (Å²) >= 11 is 0. The van der Waals surface area contributed by atoms with Gasteiger partial charge in [0.05, 0.1) is 27.2 Å². The Labute approximate surface area is 112 Å². The Bertz CT molecular complexity index is 443. The first-order valence-electron chi connectivity index (χ1n) is 6.15. The highest BCUT2D eigenvalue weighted by Crippen LogP contribution is 2.49. The molecular weight excluding hydrogens is 248 g/mol. The number of methoxy groups -OCH3 is 2. The summed E-state index contributed by atoms with van der Waals surface area (Å²) in [6.45, 7) is 0.412. The van der Waals surface area contributed by atoms with Crippen LogP contribution in [-0.4, -0.2) is 31.9 Å². The van der Waals surface area contributed by atoms with Gasteiger partial charge in [0, 0.05) is 23.6 Å². The molecule has 1 N–H and O–H groups in total. The number of hydrogen-bond donors (Lipinski definition) is 1. The highest BCUT2D eigenvalue weighted by Gasteiger charge is 2.45. The molecule has 1 aliphatic rings. The van der Waals surface area contributed by atoms with E-state index in [1.54, 1.807) is 32.4 Å². The van der Waals surface area contributed by atoms with Crippen molar-refractivity contribution in [3.05, 3.63) is 18.2 Å². The molecule has 0 saturated heterocycles. The van der Waals surface area contributed by atoms with E-state index < -0.39 is 5.97 Å². The highest BCUT2D eigenvalue weighted by molar-refractivity contribution is 5.68. The Morgan fingerprint density at radius 1 is 1.16 bits per heavy atom. The van der Waals surface area contributed by atoms with Crippen LogP contribution < -0.4 is 14.2 Å². The van der Waals surface area contributed by atoms with Crippen LogP contribution in [0.5, 0.6) is 17.2 Å². The fourth-order valence-corrected chi connectivity index (χ4v) is 1.97. The third-order valence-corrected chi connectivity index (χ3v) is 3.35. The summed E-state index contributed by atoms with van der Waals surface area (Å²) in [5.74, 6) is 1.16. The third kappa shape index (κ3) is 3.53. The van der Waals surface area contributed by atoms with E-state index in [0.29, 0.717) is 23.9 Å². The van der Waals surface area contributed by atoms with Crippen LogP contribution >= 0.6 is 0 Å². The molecular formula is C14H18O5. The summed E-state index contributed by atoms with van der Waals surface area (Å²) in [6.07, 6.45) is 1.97. The van der Waals surface area contributed by atoms with Gasteiger partial charge in [-0.1, -0.05) is 0 Å². The number of carboxylic acids is 1. The minimum atomic E-state index is -0.774. The van der Waals surface area contributed by atoms with Gasteiger partial charge in [-0.05, 0) is 12.8 Å². The van der Waals surface area contributed by atoms with E-state index in [-0.39, 0.29) is 11.8 Å². The lowest BCUT2D eigenvalue weighted by molar-refractivity contribution is -0.138. The van der Waals surface area contributed by atoms with E-state index in [1.807, 2.05) is 0 Å². The van der Waals surface area contributed by atoms with Gasteiger partial charge in [0.15, 0.2) is 0 Å². The lowest BCUT2D eigenvalue weighted by Gasteiger charge is -2.15. The first-order chi connectivity index (χ1) is 9.07. The largest absolute Gasteiger partial charge is 0.496 e. The molecule has 0 aromatic heterocycles. The van der Waals surface area contributed by atoms with Crippen molar-refractivity contribution in [1.29, 1.82) is 0 Å². The number of ether oxygens (including phenoxy) is 3. The molecule has 0 bridgehead atoms. The predicted octanol–water partition coefficient (Wildman–Crippen LogP) is 2.34. The lowest BCUT2D eigenvalue weighted by Crippen LogP contribution is -2.17. The monoisotopic (exact) mass is 266 g/mol. The number of carboxylic acid groups (broad SMARTS) is 1. The molecule has 0 atom stereocenters. The fourth-order valence-electron chi connectivity index (χ4n) is 1.97. The zero-order valence-electron chi connectivity index (χ0n) is 11.1. The van der Waals surface area contributed by atoms with E-state index in [4.69, 9.17) is 19.3 Å². The van der Waals surface area contributed by atoms with E-state index >= 15 is 0 Å². The van der Waals surface area contributed by atoms with Crippen molar-refractivity contribution in [3.63, 3.8) is 0 Å². The second kappa shape index (κ2) is 5.38. The van der Waals surface area contributed by atoms with E-state index in [0.717, 1.165) is 12.8 Å². The highest BCUT2D eigenvalue weighted by atomic mass is 16.5. The molecule has 1 aromatic rings. The molecule has 19 heavy (non-hydrogen) atoms. The van der Waals surface area contributed by atoms with Gasteiger partial charge >= 0.3 is 5.97 Å². The Morgan fingerprint density at radius 3 is 2.11 bits per heavy atom. The molecule has 1 saturated carbocycles. The van der Waals surface area contributed by atoms with Crippen molar-refractivity contribution >= 4 is 5.97 Å². The van der Waals surface area contributed by atoms with Gasteiger partial charge < -0.3 is 19.3 Å². The molecule has 2 rings (SSSR count). The number of aliphatic carboxylic acids is 1. The van der Waals surface area contributed by atoms with E-state index in [9.17, 15) is 4.79 Å². The van der Waals surface area contributed by atoms with Crippen LogP contribution in [0.2, 0.25) is 0 Å². The molecule has 104 valence electrons. The van der Waals surface area contributed by atoms with Gasteiger partial charge in [0.2, 0.25) is 0 Å². The van der Waals surface area contributed by atoms with Crippen LogP contribution in [0, 0.1) is 5.41 Å². The van der Waals surface area contributed by atoms with Gasteiger partial charge in [-0.3, -0.25) is 4.79 Å². The first kappa shape index (κ1) is 13.5. The summed E-state index contributed by atoms with van der Waals surface area (Å²) in [5.41, 5.74) is -0.192. The minimum absolute atomic E-state index is 0.161. The van der Waals surface area contributed by atoms with Crippen LogP contribution in [0.1, 0.15) is 19.3 Å². The van der Waals surface area contributed by atoms with Gasteiger partial charge in [-0.2, -0.15) is 0 Å². The molecule has 0 spiro atoms. The zero-order valence-corrected chi connectivity index (χ0v) is 11.1. The summed E-state index contributed by atoms with van der Waals surface area (Å²) in [6, 6.07) is 5.29. The smallest absolute Gasteiger partial charge is 0.304 e. The molecule has 5 nitrogen and oxygen atoms in total. The molecule has 0 unspecified atom stereocenters. The summed E-state index contributed by atoms with van der Waals surface area (Å²) in [7, 11) is 3.15. The van der Waals surface area contributed by atoms with Crippen molar-refractivity contribution in [2.45, 2.75) is 19.3 Å². The Balaban J connectivity index is 2.01. The third-order valence-electron chi connectivity index (χ3n) is 3.35. The maximum absolute atomic E-state index is 10.8. The molecule has 1 aliphatic carbocycles. The summed E-state index contributed by atoms with van der Waals surface area (Å²) in [5, 5.41) is 8.86. The number of hydrogen-bond acceptors (Lipinski definition) is 4. The van der Waals surface area contributed by atoms with Crippen molar-refractivity contribution in [2.24, 2.45) is 5.41 Å².